The zero-order valence-electron chi connectivity index (χ0n) is 5.70. The molecule has 0 aromatic rings. The van der Waals surface area contributed by atoms with Crippen LogP contribution in [0.5, 0.6) is 0 Å². The monoisotopic (exact) mass is 172 g/mol. The van der Waals surface area contributed by atoms with Crippen LogP contribution in [-0.2, 0) is 4.74 Å². The molecule has 0 aliphatic heterocycles. The van der Waals surface area contributed by atoms with Crippen LogP contribution < -0.4 is 0 Å². The summed E-state index contributed by atoms with van der Waals surface area (Å²) in [5.41, 5.74) is 0. The highest BCUT2D eigenvalue weighted by Gasteiger charge is 2.43. The van der Waals surface area contributed by atoms with Crippen molar-refractivity contribution in [3.05, 3.63) is 0 Å². The first-order chi connectivity index (χ1) is 5.02. The molecule has 0 unspecified atom stereocenters. The Hall–Kier alpha value is -0.320. The van der Waals surface area contributed by atoms with Crippen molar-refractivity contribution in [2.75, 3.05) is 6.61 Å². The highest BCUT2D eigenvalue weighted by molar-refractivity contribution is 4.73. The van der Waals surface area contributed by atoms with Gasteiger partial charge >= 0.3 is 12.5 Å². The molecule has 1 aliphatic rings. The Morgan fingerprint density at radius 3 is 2.27 bits per heavy atom. The Labute approximate surface area is 61.3 Å². The van der Waals surface area contributed by atoms with Crippen molar-refractivity contribution in [3.8, 4) is 0 Å². The molecule has 0 aromatic heterocycles. The summed E-state index contributed by atoms with van der Waals surface area (Å²) in [5, 5.41) is 0. The van der Waals surface area contributed by atoms with Gasteiger partial charge in [0.2, 0.25) is 0 Å². The van der Waals surface area contributed by atoms with Crippen LogP contribution in [0.25, 0.3) is 0 Å². The summed E-state index contributed by atoms with van der Waals surface area (Å²) >= 11 is 0. The molecule has 1 saturated carbocycles. The van der Waals surface area contributed by atoms with Crippen molar-refractivity contribution in [3.63, 3.8) is 0 Å². The maximum absolute atomic E-state index is 12.0. The molecule has 0 saturated heterocycles. The first kappa shape index (κ1) is 8.77. The third kappa shape index (κ3) is 2.65. The van der Waals surface area contributed by atoms with Crippen LogP contribution in [-0.4, -0.2) is 19.1 Å². The standard InChI is InChI=1S/C6H8F4O/c7-5(8)6(9,10)11-3-4-1-2-4/h4-5H,1-3H2. The van der Waals surface area contributed by atoms with E-state index in [0.717, 1.165) is 12.8 Å². The molecule has 66 valence electrons. The van der Waals surface area contributed by atoms with E-state index in [9.17, 15) is 17.6 Å². The van der Waals surface area contributed by atoms with Gasteiger partial charge < -0.3 is 4.74 Å². The van der Waals surface area contributed by atoms with Gasteiger partial charge in [0.15, 0.2) is 0 Å². The number of hydrogen-bond donors (Lipinski definition) is 0. The fourth-order valence-electron chi connectivity index (χ4n) is 0.576. The molecule has 1 nitrogen and oxygen atoms in total. The molecule has 11 heavy (non-hydrogen) atoms. The van der Waals surface area contributed by atoms with E-state index < -0.39 is 12.5 Å². The number of alkyl halides is 4. The fourth-order valence-corrected chi connectivity index (χ4v) is 0.576. The van der Waals surface area contributed by atoms with Gasteiger partial charge in [0.1, 0.15) is 0 Å². The minimum atomic E-state index is -4.26. The molecule has 1 aliphatic carbocycles. The van der Waals surface area contributed by atoms with E-state index in [-0.39, 0.29) is 12.5 Å². The Bertz CT molecular complexity index is 133. The van der Waals surface area contributed by atoms with Gasteiger partial charge in [0.25, 0.3) is 0 Å². The lowest BCUT2D eigenvalue weighted by molar-refractivity contribution is -0.301. The minimum absolute atomic E-state index is 0.0691. The maximum Gasteiger partial charge on any atom is 0.416 e. The molecule has 0 N–H and O–H groups in total. The summed E-state index contributed by atoms with van der Waals surface area (Å²) in [7, 11) is 0. The SMILES string of the molecule is FC(F)C(F)(F)OCC1CC1. The largest absolute Gasteiger partial charge is 0.416 e. The quantitative estimate of drug-likeness (QED) is 0.591. The smallest absolute Gasteiger partial charge is 0.316 e. The molecular formula is C6H8F4O. The molecule has 0 aromatic carbocycles. The molecule has 1 rings (SSSR count). The van der Waals surface area contributed by atoms with Crippen LogP contribution in [0.2, 0.25) is 0 Å². The van der Waals surface area contributed by atoms with Crippen molar-refractivity contribution < 1.29 is 22.3 Å². The second kappa shape index (κ2) is 2.97. The number of ether oxygens (including phenoxy) is 1. The minimum Gasteiger partial charge on any atom is -0.316 e. The third-order valence-corrected chi connectivity index (χ3v) is 1.46. The van der Waals surface area contributed by atoms with Gasteiger partial charge in [-0.25, -0.2) is 8.78 Å². The molecule has 0 heterocycles. The summed E-state index contributed by atoms with van der Waals surface area (Å²) in [6.07, 6.45) is -6.37. The predicted octanol–water partition coefficient (Wildman–Crippen LogP) is 2.27. The zero-order valence-corrected chi connectivity index (χ0v) is 5.70. The van der Waals surface area contributed by atoms with Gasteiger partial charge in [0.05, 0.1) is 6.61 Å². The van der Waals surface area contributed by atoms with Gasteiger partial charge in [-0.2, -0.15) is 8.78 Å². The van der Waals surface area contributed by atoms with Gasteiger partial charge in [-0.3, -0.25) is 0 Å². The molecule has 1 fully saturated rings. The predicted molar refractivity (Wildman–Crippen MR) is 29.6 cm³/mol. The average molecular weight is 172 g/mol. The van der Waals surface area contributed by atoms with Gasteiger partial charge in [-0.1, -0.05) is 0 Å². The number of hydrogen-bond acceptors (Lipinski definition) is 1. The van der Waals surface area contributed by atoms with E-state index in [1.54, 1.807) is 0 Å². The summed E-state index contributed by atoms with van der Waals surface area (Å²) < 4.78 is 50.5. The number of rotatable bonds is 4. The highest BCUT2D eigenvalue weighted by atomic mass is 19.3. The van der Waals surface area contributed by atoms with Crippen LogP contribution in [0.15, 0.2) is 0 Å². The third-order valence-electron chi connectivity index (χ3n) is 1.46. The Morgan fingerprint density at radius 2 is 1.91 bits per heavy atom. The maximum atomic E-state index is 12.0. The molecule has 0 amide bonds. The first-order valence-corrected chi connectivity index (χ1v) is 3.32. The molecule has 0 bridgehead atoms. The topological polar surface area (TPSA) is 9.23 Å². The second-order valence-electron chi connectivity index (χ2n) is 2.62. The van der Waals surface area contributed by atoms with Crippen LogP contribution in [0.1, 0.15) is 12.8 Å². The number of halogens is 4. The lowest BCUT2D eigenvalue weighted by Gasteiger charge is -2.14. The fraction of sp³-hybridized carbons (Fsp3) is 1.00. The van der Waals surface area contributed by atoms with Crippen LogP contribution in [0.3, 0.4) is 0 Å². The van der Waals surface area contributed by atoms with E-state index in [1.165, 1.54) is 0 Å². The van der Waals surface area contributed by atoms with Crippen molar-refractivity contribution in [2.24, 2.45) is 5.92 Å². The van der Waals surface area contributed by atoms with Gasteiger partial charge in [-0.05, 0) is 18.8 Å². The summed E-state index contributed by atoms with van der Waals surface area (Å²) in [5.74, 6) is 0.0691. The lowest BCUT2D eigenvalue weighted by atomic mass is 10.5. The van der Waals surface area contributed by atoms with E-state index in [0.29, 0.717) is 0 Å². The highest BCUT2D eigenvalue weighted by Crippen LogP contribution is 2.32. The molecule has 5 heteroatoms. The van der Waals surface area contributed by atoms with Crippen LogP contribution in [0, 0.1) is 5.92 Å². The van der Waals surface area contributed by atoms with E-state index in [2.05, 4.69) is 4.74 Å². The van der Waals surface area contributed by atoms with Gasteiger partial charge in [0, 0.05) is 0 Å². The zero-order chi connectivity index (χ0) is 8.48. The second-order valence-corrected chi connectivity index (χ2v) is 2.62. The Morgan fingerprint density at radius 1 is 1.36 bits per heavy atom. The summed E-state index contributed by atoms with van der Waals surface area (Å²) in [6.45, 7) is -0.253. The van der Waals surface area contributed by atoms with Crippen molar-refractivity contribution in [1.82, 2.24) is 0 Å². The Kier molecular flexibility index (Phi) is 2.37. The molecular weight excluding hydrogens is 164 g/mol. The van der Waals surface area contributed by atoms with Gasteiger partial charge in [-0.15, -0.1) is 0 Å². The first-order valence-electron chi connectivity index (χ1n) is 3.32. The van der Waals surface area contributed by atoms with E-state index in [4.69, 9.17) is 0 Å². The molecule has 0 radical (unpaired) electrons. The Balaban J connectivity index is 2.20. The summed E-state index contributed by atoms with van der Waals surface area (Å²) in [4.78, 5) is 0. The molecule has 0 spiro atoms. The van der Waals surface area contributed by atoms with Crippen molar-refractivity contribution >= 4 is 0 Å². The average Bonchev–Trinajstić information content (AvgIpc) is 2.65. The van der Waals surface area contributed by atoms with E-state index in [1.807, 2.05) is 0 Å². The van der Waals surface area contributed by atoms with Crippen LogP contribution in [0.4, 0.5) is 17.6 Å². The normalized spacial score (nSPS) is 19.4. The van der Waals surface area contributed by atoms with Crippen LogP contribution >= 0.6 is 0 Å². The van der Waals surface area contributed by atoms with Crippen molar-refractivity contribution in [2.45, 2.75) is 25.4 Å². The van der Waals surface area contributed by atoms with Crippen molar-refractivity contribution in [1.29, 1.82) is 0 Å². The lowest BCUT2D eigenvalue weighted by Crippen LogP contribution is -2.30. The summed E-state index contributed by atoms with van der Waals surface area (Å²) in [6, 6.07) is 0. The molecule has 0 atom stereocenters. The van der Waals surface area contributed by atoms with E-state index >= 15 is 0 Å².